The van der Waals surface area contributed by atoms with Gasteiger partial charge < -0.3 is 14.6 Å². The molecule has 1 heterocycles. The van der Waals surface area contributed by atoms with Crippen LogP contribution in [-0.4, -0.2) is 49.5 Å². The first-order valence-electron chi connectivity index (χ1n) is 8.30. The zero-order valence-electron chi connectivity index (χ0n) is 15.7. The molecule has 1 amide bonds. The fraction of sp³-hybridized carbons (Fsp3) is 0.278. The monoisotopic (exact) mass is 407 g/mol. The van der Waals surface area contributed by atoms with Crippen molar-refractivity contribution in [3.05, 3.63) is 53.1 Å². The highest BCUT2D eigenvalue weighted by atomic mass is 32.2. The molecule has 0 bridgehead atoms. The molecule has 0 saturated heterocycles. The Balaban J connectivity index is 1.88. The van der Waals surface area contributed by atoms with E-state index in [9.17, 15) is 18.0 Å². The van der Waals surface area contributed by atoms with E-state index < -0.39 is 34.5 Å². The molecule has 0 aliphatic carbocycles. The van der Waals surface area contributed by atoms with E-state index >= 15 is 0 Å². The molecule has 28 heavy (non-hydrogen) atoms. The number of hydrogen-bond donors (Lipinski definition) is 1. The predicted molar refractivity (Wildman–Crippen MR) is 102 cm³/mol. The number of nitrogens with one attached hydrogen (secondary N) is 1. The summed E-state index contributed by atoms with van der Waals surface area (Å²) >= 11 is 0. The molecule has 0 saturated carbocycles. The van der Waals surface area contributed by atoms with Gasteiger partial charge in [0.05, 0.1) is 0 Å². The second-order valence-electron chi connectivity index (χ2n) is 5.96. The summed E-state index contributed by atoms with van der Waals surface area (Å²) in [5.74, 6) is -0.777. The van der Waals surface area contributed by atoms with E-state index in [-0.39, 0.29) is 5.82 Å². The number of rotatable bonds is 8. The first-order chi connectivity index (χ1) is 13.2. The van der Waals surface area contributed by atoms with Crippen LogP contribution < -0.4 is 5.32 Å². The van der Waals surface area contributed by atoms with Gasteiger partial charge in [0.15, 0.2) is 11.9 Å². The number of benzene rings is 1. The molecule has 1 N–H and O–H groups in total. The minimum absolute atomic E-state index is 0.191. The zero-order valence-corrected chi connectivity index (χ0v) is 16.5. The van der Waals surface area contributed by atoms with Crippen molar-refractivity contribution in [3.63, 3.8) is 0 Å². The summed E-state index contributed by atoms with van der Waals surface area (Å²) in [7, 11) is -2.58. The first-order valence-corrected chi connectivity index (χ1v) is 9.81. The number of ether oxygens (including phenoxy) is 1. The smallest absolute Gasteiger partial charge is 0.322 e. The second-order valence-corrected chi connectivity index (χ2v) is 7.88. The predicted octanol–water partition coefficient (Wildman–Crippen LogP) is 1.79. The number of sulfonamides is 1. The van der Waals surface area contributed by atoms with Gasteiger partial charge in [0.2, 0.25) is 10.0 Å². The average Bonchev–Trinajstić information content (AvgIpc) is 3.05. The van der Waals surface area contributed by atoms with Crippen molar-refractivity contribution in [2.75, 3.05) is 18.9 Å². The molecule has 2 rings (SSSR count). The number of nitrogens with zero attached hydrogens (tertiary/aromatic N) is 2. The molecule has 0 spiro atoms. The Kier molecular flexibility index (Phi) is 7.07. The van der Waals surface area contributed by atoms with E-state index in [4.69, 9.17) is 9.26 Å². The highest BCUT2D eigenvalue weighted by Crippen LogP contribution is 2.09. The Morgan fingerprint density at radius 1 is 1.32 bits per heavy atom. The number of amides is 1. The SMILES string of the molecule is Cc1cc(NC(=O)[C@H](C)OC(=O)CN(C)S(=O)(=O)/C=C/c2ccccc2)no1. The Morgan fingerprint density at radius 2 is 2.00 bits per heavy atom. The molecule has 1 aromatic carbocycles. The van der Waals surface area contributed by atoms with Crippen LogP contribution >= 0.6 is 0 Å². The number of esters is 1. The summed E-state index contributed by atoms with van der Waals surface area (Å²) in [5, 5.41) is 7.03. The third kappa shape index (κ3) is 6.32. The number of carbonyl (C=O) groups is 2. The van der Waals surface area contributed by atoms with Crippen molar-refractivity contribution >= 4 is 33.8 Å². The van der Waals surface area contributed by atoms with Crippen LogP contribution in [0.4, 0.5) is 5.82 Å². The van der Waals surface area contributed by atoms with E-state index in [2.05, 4.69) is 10.5 Å². The van der Waals surface area contributed by atoms with Crippen LogP contribution in [0.25, 0.3) is 6.08 Å². The van der Waals surface area contributed by atoms with Crippen LogP contribution in [0.15, 0.2) is 46.3 Å². The zero-order chi connectivity index (χ0) is 20.7. The maximum absolute atomic E-state index is 12.2. The highest BCUT2D eigenvalue weighted by Gasteiger charge is 2.23. The largest absolute Gasteiger partial charge is 0.452 e. The van der Waals surface area contributed by atoms with E-state index in [1.807, 2.05) is 6.07 Å². The first kappa shape index (κ1) is 21.3. The molecule has 1 aromatic heterocycles. The Labute approximate surface area is 163 Å². The van der Waals surface area contributed by atoms with Crippen LogP contribution in [0.5, 0.6) is 0 Å². The molecular formula is C18H21N3O6S. The highest BCUT2D eigenvalue weighted by molar-refractivity contribution is 7.92. The van der Waals surface area contributed by atoms with Crippen LogP contribution in [0.3, 0.4) is 0 Å². The number of aromatic nitrogens is 1. The third-order valence-electron chi connectivity index (χ3n) is 3.57. The van der Waals surface area contributed by atoms with Crippen molar-refractivity contribution in [1.29, 1.82) is 0 Å². The van der Waals surface area contributed by atoms with E-state index in [1.165, 1.54) is 26.1 Å². The molecule has 9 nitrogen and oxygen atoms in total. The fourth-order valence-electron chi connectivity index (χ4n) is 2.05. The van der Waals surface area contributed by atoms with Gasteiger partial charge in [-0.3, -0.25) is 9.59 Å². The Hall–Kier alpha value is -2.98. The number of anilines is 1. The summed E-state index contributed by atoms with van der Waals surface area (Å²) in [5.41, 5.74) is 0.704. The summed E-state index contributed by atoms with van der Waals surface area (Å²) in [6.45, 7) is 2.49. The third-order valence-corrected chi connectivity index (χ3v) is 5.05. The Bertz CT molecular complexity index is 953. The van der Waals surface area contributed by atoms with E-state index in [1.54, 1.807) is 31.2 Å². The minimum Gasteiger partial charge on any atom is -0.452 e. The molecular weight excluding hydrogens is 386 g/mol. The number of hydrogen-bond acceptors (Lipinski definition) is 7. The van der Waals surface area contributed by atoms with Crippen molar-refractivity contribution in [3.8, 4) is 0 Å². The second kappa shape index (κ2) is 9.29. The standard InChI is InChI=1S/C18H21N3O6S/c1-13-11-16(20-27-13)19-18(23)14(2)26-17(22)12-21(3)28(24,25)10-9-15-7-5-4-6-8-15/h4-11,14H,12H2,1-3H3,(H,19,20,23)/b10-9+/t14-/m0/s1. The van der Waals surface area contributed by atoms with E-state index in [0.717, 1.165) is 9.71 Å². The number of aryl methyl sites for hydroxylation is 1. The average molecular weight is 407 g/mol. The quantitative estimate of drug-likeness (QED) is 0.663. The van der Waals surface area contributed by atoms with Crippen molar-refractivity contribution < 1.29 is 27.3 Å². The lowest BCUT2D eigenvalue weighted by molar-refractivity contribution is -0.153. The number of carbonyl (C=O) groups excluding carboxylic acids is 2. The van der Waals surface area contributed by atoms with Gasteiger partial charge in [0.1, 0.15) is 12.3 Å². The van der Waals surface area contributed by atoms with E-state index in [0.29, 0.717) is 11.3 Å². The molecule has 0 fully saturated rings. The van der Waals surface area contributed by atoms with Gasteiger partial charge in [-0.15, -0.1) is 0 Å². The summed E-state index contributed by atoms with van der Waals surface area (Å²) in [4.78, 5) is 24.0. The van der Waals surface area contributed by atoms with Gasteiger partial charge in [-0.2, -0.15) is 4.31 Å². The molecule has 2 aromatic rings. The van der Waals surface area contributed by atoms with Crippen molar-refractivity contribution in [2.24, 2.45) is 0 Å². The maximum atomic E-state index is 12.2. The lowest BCUT2D eigenvalue weighted by Gasteiger charge is -2.16. The van der Waals surface area contributed by atoms with Crippen LogP contribution in [-0.2, 0) is 24.3 Å². The van der Waals surface area contributed by atoms with Gasteiger partial charge >= 0.3 is 5.97 Å². The van der Waals surface area contributed by atoms with Gasteiger partial charge in [-0.25, -0.2) is 8.42 Å². The van der Waals surface area contributed by atoms with Gasteiger partial charge in [-0.1, -0.05) is 35.5 Å². The molecule has 0 unspecified atom stereocenters. The molecule has 10 heteroatoms. The molecule has 0 aliphatic rings. The molecule has 0 aliphatic heterocycles. The molecule has 150 valence electrons. The Morgan fingerprint density at radius 3 is 2.61 bits per heavy atom. The maximum Gasteiger partial charge on any atom is 0.322 e. The van der Waals surface area contributed by atoms with Crippen LogP contribution in [0, 0.1) is 6.92 Å². The fourth-order valence-corrected chi connectivity index (χ4v) is 2.87. The topological polar surface area (TPSA) is 119 Å². The minimum atomic E-state index is -3.83. The summed E-state index contributed by atoms with van der Waals surface area (Å²) in [6, 6.07) is 10.4. The molecule has 1 atom stereocenters. The summed E-state index contributed by atoms with van der Waals surface area (Å²) in [6.07, 6.45) is 0.285. The lowest BCUT2D eigenvalue weighted by atomic mass is 10.2. The summed E-state index contributed by atoms with van der Waals surface area (Å²) < 4.78 is 35.1. The number of likely N-dealkylation sites (N-methyl/N-ethyl adjacent to an activating group) is 1. The van der Waals surface area contributed by atoms with Gasteiger partial charge in [0, 0.05) is 18.5 Å². The lowest BCUT2D eigenvalue weighted by Crippen LogP contribution is -2.36. The van der Waals surface area contributed by atoms with Crippen LogP contribution in [0.1, 0.15) is 18.2 Å². The van der Waals surface area contributed by atoms with Crippen molar-refractivity contribution in [1.82, 2.24) is 9.46 Å². The van der Waals surface area contributed by atoms with Crippen molar-refractivity contribution in [2.45, 2.75) is 20.0 Å². The van der Waals surface area contributed by atoms with Gasteiger partial charge in [-0.05, 0) is 25.5 Å². The normalized spacial score (nSPS) is 12.9. The molecule has 0 radical (unpaired) electrons. The van der Waals surface area contributed by atoms with Gasteiger partial charge in [0.25, 0.3) is 5.91 Å². The van der Waals surface area contributed by atoms with Crippen LogP contribution in [0.2, 0.25) is 0 Å².